The number of nitrogens with one attached hydrogen (secondary N) is 3. The van der Waals surface area contributed by atoms with Crippen LogP contribution >= 0.6 is 0 Å². The monoisotopic (exact) mass is 366 g/mol. The molecular weight excluding hydrogens is 344 g/mol. The van der Waals surface area contributed by atoms with E-state index >= 15 is 0 Å². The topological polar surface area (TPSA) is 104 Å². The molecule has 0 aromatic carbocycles. The Labute approximate surface area is 156 Å². The zero-order chi connectivity index (χ0) is 18.1. The van der Waals surface area contributed by atoms with E-state index in [2.05, 4.69) is 30.7 Å². The van der Waals surface area contributed by atoms with Gasteiger partial charge in [0.2, 0.25) is 5.95 Å². The van der Waals surface area contributed by atoms with Crippen molar-refractivity contribution in [3.8, 4) is 11.4 Å². The highest BCUT2D eigenvalue weighted by Crippen LogP contribution is 2.30. The lowest BCUT2D eigenvalue weighted by molar-refractivity contribution is 0.122. The van der Waals surface area contributed by atoms with E-state index in [1.807, 2.05) is 12.1 Å². The number of nitrogens with zero attached hydrogens (tertiary/aromatic N) is 5. The summed E-state index contributed by atoms with van der Waals surface area (Å²) in [7, 11) is 0. The standard InChI is InChI=1S/C18H22N8O/c1-4-19-11-12(1)22-17-13-2-5-20-16(14-3-6-21-25-14)15(13)23-18(24-17)26-7-9-27-10-8-26/h2-3,5-6,12,19H,1,4,7-11H2,(H,21,25)(H,22,23,24). The number of aromatic nitrogens is 5. The highest BCUT2D eigenvalue weighted by molar-refractivity contribution is 5.97. The Hall–Kier alpha value is -2.78. The second-order valence-corrected chi connectivity index (χ2v) is 6.83. The van der Waals surface area contributed by atoms with E-state index in [-0.39, 0.29) is 0 Å². The number of hydrogen-bond acceptors (Lipinski definition) is 8. The number of H-pyrrole nitrogens is 1. The summed E-state index contributed by atoms with van der Waals surface area (Å²) in [6, 6.07) is 4.25. The molecule has 2 aliphatic rings. The van der Waals surface area contributed by atoms with Crippen molar-refractivity contribution < 1.29 is 4.74 Å². The third-order valence-electron chi connectivity index (χ3n) is 5.05. The van der Waals surface area contributed by atoms with E-state index in [0.29, 0.717) is 25.2 Å². The Balaban J connectivity index is 1.64. The molecule has 2 fully saturated rings. The SMILES string of the molecule is c1cc(-c2nccc3c(NC4CCNC4)nc(N4CCOCC4)nc23)[nH]n1. The fourth-order valence-electron chi connectivity index (χ4n) is 3.61. The van der Waals surface area contributed by atoms with Gasteiger partial charge in [-0.2, -0.15) is 10.1 Å². The van der Waals surface area contributed by atoms with Gasteiger partial charge in [0.25, 0.3) is 0 Å². The summed E-state index contributed by atoms with van der Waals surface area (Å²) in [6.45, 7) is 4.92. The van der Waals surface area contributed by atoms with Crippen LogP contribution in [0, 0.1) is 0 Å². The molecule has 9 nitrogen and oxygen atoms in total. The summed E-state index contributed by atoms with van der Waals surface area (Å²) >= 11 is 0. The molecule has 2 saturated heterocycles. The Morgan fingerprint density at radius 2 is 2.07 bits per heavy atom. The first-order chi connectivity index (χ1) is 13.4. The molecule has 27 heavy (non-hydrogen) atoms. The summed E-state index contributed by atoms with van der Waals surface area (Å²) in [5.41, 5.74) is 2.46. The number of hydrogen-bond donors (Lipinski definition) is 3. The summed E-state index contributed by atoms with van der Waals surface area (Å²) in [4.78, 5) is 16.5. The quantitative estimate of drug-likeness (QED) is 0.629. The van der Waals surface area contributed by atoms with Crippen molar-refractivity contribution in [2.75, 3.05) is 49.6 Å². The number of anilines is 2. The van der Waals surface area contributed by atoms with Crippen LogP contribution < -0.4 is 15.5 Å². The number of rotatable bonds is 4. The van der Waals surface area contributed by atoms with E-state index in [1.165, 1.54) is 0 Å². The maximum atomic E-state index is 5.48. The zero-order valence-corrected chi connectivity index (χ0v) is 15.0. The van der Waals surface area contributed by atoms with Gasteiger partial charge in [-0.3, -0.25) is 10.1 Å². The first-order valence-corrected chi connectivity index (χ1v) is 9.35. The Kier molecular flexibility index (Phi) is 4.30. The maximum absolute atomic E-state index is 5.48. The van der Waals surface area contributed by atoms with Crippen molar-refractivity contribution >= 4 is 22.7 Å². The average molecular weight is 366 g/mol. The highest BCUT2D eigenvalue weighted by atomic mass is 16.5. The molecule has 5 rings (SSSR count). The van der Waals surface area contributed by atoms with Crippen LogP contribution in [0.5, 0.6) is 0 Å². The first kappa shape index (κ1) is 16.4. The molecule has 1 atom stereocenters. The molecule has 0 radical (unpaired) electrons. The molecule has 9 heteroatoms. The van der Waals surface area contributed by atoms with Crippen molar-refractivity contribution in [1.29, 1.82) is 0 Å². The van der Waals surface area contributed by atoms with Crippen LogP contribution in [-0.4, -0.2) is 70.6 Å². The smallest absolute Gasteiger partial charge is 0.228 e. The predicted octanol–water partition coefficient (Wildman–Crippen LogP) is 1.03. The number of fused-ring (bicyclic) bond motifs is 1. The third-order valence-corrected chi connectivity index (χ3v) is 5.05. The molecule has 0 amide bonds. The fourth-order valence-corrected chi connectivity index (χ4v) is 3.61. The van der Waals surface area contributed by atoms with Gasteiger partial charge in [-0.1, -0.05) is 0 Å². The lowest BCUT2D eigenvalue weighted by Crippen LogP contribution is -2.37. The molecule has 1 unspecified atom stereocenters. The van der Waals surface area contributed by atoms with E-state index in [9.17, 15) is 0 Å². The zero-order valence-electron chi connectivity index (χ0n) is 15.0. The van der Waals surface area contributed by atoms with Crippen molar-refractivity contribution in [2.45, 2.75) is 12.5 Å². The highest BCUT2D eigenvalue weighted by Gasteiger charge is 2.21. The van der Waals surface area contributed by atoms with Gasteiger partial charge in [0, 0.05) is 43.5 Å². The van der Waals surface area contributed by atoms with Gasteiger partial charge >= 0.3 is 0 Å². The summed E-state index contributed by atoms with van der Waals surface area (Å²) < 4.78 is 5.48. The molecule has 5 heterocycles. The minimum atomic E-state index is 0.365. The molecule has 3 N–H and O–H groups in total. The minimum Gasteiger partial charge on any atom is -0.378 e. The van der Waals surface area contributed by atoms with Crippen LogP contribution in [0.3, 0.4) is 0 Å². The van der Waals surface area contributed by atoms with E-state index in [1.54, 1.807) is 12.4 Å². The number of pyridine rings is 1. The van der Waals surface area contributed by atoms with Crippen molar-refractivity contribution in [3.63, 3.8) is 0 Å². The lowest BCUT2D eigenvalue weighted by Gasteiger charge is -2.27. The van der Waals surface area contributed by atoms with E-state index in [0.717, 1.165) is 60.7 Å². The van der Waals surface area contributed by atoms with Crippen molar-refractivity contribution in [2.24, 2.45) is 0 Å². The van der Waals surface area contributed by atoms with Crippen LogP contribution in [0.4, 0.5) is 11.8 Å². The Bertz CT molecular complexity index is 917. The molecule has 0 bridgehead atoms. The van der Waals surface area contributed by atoms with Crippen LogP contribution in [0.25, 0.3) is 22.3 Å². The number of aromatic amines is 1. The molecule has 3 aromatic rings. The van der Waals surface area contributed by atoms with Crippen LogP contribution in [0.1, 0.15) is 6.42 Å². The van der Waals surface area contributed by atoms with Crippen LogP contribution in [-0.2, 0) is 4.74 Å². The molecule has 2 aliphatic heterocycles. The second kappa shape index (κ2) is 7.09. The number of ether oxygens (including phenoxy) is 1. The average Bonchev–Trinajstić information content (AvgIpc) is 3.42. The molecule has 140 valence electrons. The third kappa shape index (κ3) is 3.19. The van der Waals surface area contributed by atoms with Gasteiger partial charge < -0.3 is 20.3 Å². The Morgan fingerprint density at radius 3 is 2.85 bits per heavy atom. The van der Waals surface area contributed by atoms with Gasteiger partial charge in [-0.15, -0.1) is 0 Å². The molecule has 3 aromatic heterocycles. The van der Waals surface area contributed by atoms with Gasteiger partial charge in [-0.25, -0.2) is 4.98 Å². The normalized spacial score (nSPS) is 20.3. The number of morpholine rings is 1. The lowest BCUT2D eigenvalue weighted by atomic mass is 10.1. The van der Waals surface area contributed by atoms with Crippen LogP contribution in [0.2, 0.25) is 0 Å². The largest absolute Gasteiger partial charge is 0.378 e. The summed E-state index contributed by atoms with van der Waals surface area (Å²) in [6.07, 6.45) is 4.61. The maximum Gasteiger partial charge on any atom is 0.228 e. The molecule has 0 aliphatic carbocycles. The van der Waals surface area contributed by atoms with Crippen molar-refractivity contribution in [1.82, 2.24) is 30.5 Å². The van der Waals surface area contributed by atoms with E-state index in [4.69, 9.17) is 14.7 Å². The summed E-state index contributed by atoms with van der Waals surface area (Å²) in [5.74, 6) is 1.58. The minimum absolute atomic E-state index is 0.365. The molecule has 0 spiro atoms. The fraction of sp³-hybridized carbons (Fsp3) is 0.444. The van der Waals surface area contributed by atoms with Crippen LogP contribution in [0.15, 0.2) is 24.5 Å². The first-order valence-electron chi connectivity index (χ1n) is 9.35. The molecular formula is C18H22N8O. The van der Waals surface area contributed by atoms with Gasteiger partial charge in [0.1, 0.15) is 17.0 Å². The van der Waals surface area contributed by atoms with Gasteiger partial charge in [0.05, 0.1) is 18.9 Å². The Morgan fingerprint density at radius 1 is 1.15 bits per heavy atom. The second-order valence-electron chi connectivity index (χ2n) is 6.83. The van der Waals surface area contributed by atoms with Gasteiger partial charge in [-0.05, 0) is 25.1 Å². The van der Waals surface area contributed by atoms with Crippen molar-refractivity contribution in [3.05, 3.63) is 24.5 Å². The molecule has 0 saturated carbocycles. The van der Waals surface area contributed by atoms with Gasteiger partial charge in [0.15, 0.2) is 0 Å². The van der Waals surface area contributed by atoms with E-state index < -0.39 is 0 Å². The summed E-state index contributed by atoms with van der Waals surface area (Å²) in [5, 5.41) is 15.0. The predicted molar refractivity (Wildman–Crippen MR) is 103 cm³/mol.